The predicted molar refractivity (Wildman–Crippen MR) is 106 cm³/mol. The molecule has 1 atom stereocenters. The minimum Gasteiger partial charge on any atom is -0.364 e. The van der Waals surface area contributed by atoms with E-state index in [4.69, 9.17) is 0 Å². The zero-order valence-electron chi connectivity index (χ0n) is 15.6. The molecule has 0 unspecified atom stereocenters. The molecule has 0 bridgehead atoms. The molecule has 0 spiro atoms. The van der Waals surface area contributed by atoms with Crippen LogP contribution in [0.4, 0.5) is 20.6 Å². The van der Waals surface area contributed by atoms with Crippen LogP contribution in [0.25, 0.3) is 0 Å². The number of hydrogen-bond donors (Lipinski definition) is 1. The second-order valence-corrected chi connectivity index (χ2v) is 7.19. The number of hydrogen-bond acceptors (Lipinski definition) is 3. The maximum atomic E-state index is 13.5. The summed E-state index contributed by atoms with van der Waals surface area (Å²) in [6.07, 6.45) is 0.990. The van der Waals surface area contributed by atoms with Crippen LogP contribution in [0.2, 0.25) is 0 Å². The summed E-state index contributed by atoms with van der Waals surface area (Å²) in [4.78, 5) is 19.1. The number of carbonyl (C=O) groups excluding carboxylic acids is 1. The van der Waals surface area contributed by atoms with Gasteiger partial charge in [-0.05, 0) is 43.3 Å². The normalized spacial score (nSPS) is 19.3. The number of nitrogens with zero attached hydrogens (tertiary/aromatic N) is 3. The van der Waals surface area contributed by atoms with Gasteiger partial charge in [-0.3, -0.25) is 4.90 Å². The zero-order chi connectivity index (χ0) is 18.8. The van der Waals surface area contributed by atoms with E-state index in [0.717, 1.165) is 43.0 Å². The fourth-order valence-corrected chi connectivity index (χ4v) is 3.98. The van der Waals surface area contributed by atoms with Gasteiger partial charge in [0.2, 0.25) is 0 Å². The molecule has 1 N–H and O–H groups in total. The Kier molecular flexibility index (Phi) is 4.99. The van der Waals surface area contributed by atoms with Crippen LogP contribution in [-0.4, -0.2) is 50.2 Å². The highest BCUT2D eigenvalue weighted by Gasteiger charge is 2.33. The summed E-state index contributed by atoms with van der Waals surface area (Å²) in [5, 5.41) is 3.26. The summed E-state index contributed by atoms with van der Waals surface area (Å²) >= 11 is 0. The summed E-state index contributed by atoms with van der Waals surface area (Å²) in [6.45, 7) is 3.52. The first-order chi connectivity index (χ1) is 13.2. The molecule has 2 aliphatic rings. The van der Waals surface area contributed by atoms with Crippen molar-refractivity contribution in [2.75, 3.05) is 43.0 Å². The average Bonchev–Trinajstić information content (AvgIpc) is 3.17. The van der Waals surface area contributed by atoms with E-state index in [-0.39, 0.29) is 11.8 Å². The number of likely N-dealkylation sites (N-methyl/N-ethyl adjacent to an activating group) is 1. The number of nitrogens with one attached hydrogen (secondary N) is 1. The number of likely N-dealkylation sites (tertiary alicyclic amines) is 1. The molecule has 2 heterocycles. The third-order valence-electron chi connectivity index (χ3n) is 5.47. The summed E-state index contributed by atoms with van der Waals surface area (Å²) in [6, 6.07) is 15.1. The van der Waals surface area contributed by atoms with Gasteiger partial charge < -0.3 is 15.1 Å². The number of halogens is 1. The first kappa shape index (κ1) is 17.8. The van der Waals surface area contributed by atoms with E-state index >= 15 is 0 Å². The van der Waals surface area contributed by atoms with Gasteiger partial charge in [0.25, 0.3) is 0 Å². The number of benzene rings is 2. The highest BCUT2D eigenvalue weighted by molar-refractivity contribution is 5.97. The Balaban J connectivity index is 1.55. The number of urea groups is 1. The van der Waals surface area contributed by atoms with Gasteiger partial charge in [0.1, 0.15) is 5.82 Å². The summed E-state index contributed by atoms with van der Waals surface area (Å²) in [5.74, 6) is -0.220. The largest absolute Gasteiger partial charge is 0.364 e. The third kappa shape index (κ3) is 3.62. The topological polar surface area (TPSA) is 38.8 Å². The molecule has 0 saturated carbocycles. The number of para-hydroxylation sites is 2. The van der Waals surface area contributed by atoms with E-state index in [1.807, 2.05) is 47.2 Å². The van der Waals surface area contributed by atoms with Gasteiger partial charge in [0, 0.05) is 38.8 Å². The van der Waals surface area contributed by atoms with Crippen molar-refractivity contribution in [2.24, 2.45) is 0 Å². The van der Waals surface area contributed by atoms with Crippen molar-refractivity contribution >= 4 is 17.4 Å². The predicted octanol–water partition coefficient (Wildman–Crippen LogP) is 3.07. The van der Waals surface area contributed by atoms with Crippen LogP contribution in [0, 0.1) is 5.82 Å². The van der Waals surface area contributed by atoms with Crippen LogP contribution >= 0.6 is 0 Å². The van der Waals surface area contributed by atoms with Crippen molar-refractivity contribution in [3.05, 3.63) is 59.9 Å². The Bertz CT molecular complexity index is 827. The molecule has 0 radical (unpaired) electrons. The number of amides is 2. The minimum atomic E-state index is -0.220. The maximum absolute atomic E-state index is 13.5. The van der Waals surface area contributed by atoms with Crippen molar-refractivity contribution in [1.82, 2.24) is 10.2 Å². The first-order valence-electron chi connectivity index (χ1n) is 9.48. The van der Waals surface area contributed by atoms with Crippen LogP contribution in [0.3, 0.4) is 0 Å². The Hall–Kier alpha value is -2.60. The molecule has 6 heteroatoms. The van der Waals surface area contributed by atoms with Crippen molar-refractivity contribution < 1.29 is 9.18 Å². The average molecular weight is 368 g/mol. The van der Waals surface area contributed by atoms with Gasteiger partial charge in [0.15, 0.2) is 0 Å². The third-order valence-corrected chi connectivity index (χ3v) is 5.47. The fraction of sp³-hybridized carbons (Fsp3) is 0.381. The Morgan fingerprint density at radius 3 is 2.67 bits per heavy atom. The van der Waals surface area contributed by atoms with Crippen molar-refractivity contribution in [3.63, 3.8) is 0 Å². The summed E-state index contributed by atoms with van der Waals surface area (Å²) < 4.78 is 13.5. The molecule has 27 heavy (non-hydrogen) atoms. The maximum Gasteiger partial charge on any atom is 0.324 e. The zero-order valence-corrected chi connectivity index (χ0v) is 15.6. The quantitative estimate of drug-likeness (QED) is 0.905. The lowest BCUT2D eigenvalue weighted by atomic mass is 10.1. The number of rotatable bonds is 3. The van der Waals surface area contributed by atoms with Gasteiger partial charge in [-0.25, -0.2) is 9.18 Å². The van der Waals surface area contributed by atoms with Gasteiger partial charge >= 0.3 is 6.03 Å². The Labute approximate surface area is 159 Å². The fourth-order valence-electron chi connectivity index (χ4n) is 3.98. The van der Waals surface area contributed by atoms with Gasteiger partial charge in [-0.1, -0.05) is 24.3 Å². The van der Waals surface area contributed by atoms with Crippen LogP contribution in [0.1, 0.15) is 12.0 Å². The van der Waals surface area contributed by atoms with E-state index < -0.39 is 0 Å². The van der Waals surface area contributed by atoms with Gasteiger partial charge in [-0.2, -0.15) is 0 Å². The molecule has 5 nitrogen and oxygen atoms in total. The number of carbonyl (C=O) groups is 1. The monoisotopic (exact) mass is 368 g/mol. The van der Waals surface area contributed by atoms with Crippen LogP contribution in [-0.2, 0) is 6.54 Å². The van der Waals surface area contributed by atoms with E-state index in [2.05, 4.69) is 10.2 Å². The SMILES string of the molecule is CN[C@H]1CCN(C(=O)N2CCN(Cc3cccc(F)c3)c3ccccc32)C1. The number of fused-ring (bicyclic) bond motifs is 1. The second-order valence-electron chi connectivity index (χ2n) is 7.19. The van der Waals surface area contributed by atoms with Crippen molar-refractivity contribution in [2.45, 2.75) is 19.0 Å². The Morgan fingerprint density at radius 1 is 1.11 bits per heavy atom. The van der Waals surface area contributed by atoms with E-state index in [1.165, 1.54) is 6.07 Å². The molecule has 2 aromatic rings. The lowest BCUT2D eigenvalue weighted by molar-refractivity contribution is 0.214. The van der Waals surface area contributed by atoms with Crippen LogP contribution in [0.5, 0.6) is 0 Å². The molecule has 2 aromatic carbocycles. The van der Waals surface area contributed by atoms with E-state index in [1.54, 1.807) is 12.1 Å². The molecular weight excluding hydrogens is 343 g/mol. The highest BCUT2D eigenvalue weighted by Crippen LogP contribution is 2.34. The minimum absolute atomic E-state index is 0.0746. The molecule has 1 fully saturated rings. The van der Waals surface area contributed by atoms with Crippen LogP contribution < -0.4 is 15.1 Å². The molecule has 1 saturated heterocycles. The Morgan fingerprint density at radius 2 is 1.93 bits per heavy atom. The number of anilines is 2. The molecule has 4 rings (SSSR count). The molecule has 2 aliphatic heterocycles. The summed E-state index contributed by atoms with van der Waals surface area (Å²) in [7, 11) is 1.94. The highest BCUT2D eigenvalue weighted by atomic mass is 19.1. The second kappa shape index (κ2) is 7.56. The molecule has 0 aliphatic carbocycles. The lowest BCUT2D eigenvalue weighted by Crippen LogP contribution is -2.49. The molecular formula is C21H25FN4O. The first-order valence-corrected chi connectivity index (χ1v) is 9.48. The molecule has 0 aromatic heterocycles. The van der Waals surface area contributed by atoms with Crippen molar-refractivity contribution in [1.29, 1.82) is 0 Å². The van der Waals surface area contributed by atoms with Crippen LogP contribution in [0.15, 0.2) is 48.5 Å². The lowest BCUT2D eigenvalue weighted by Gasteiger charge is -2.39. The standard InChI is InChI=1S/C21H25FN4O/c1-23-18-9-10-25(15-18)21(27)26-12-11-24(19-7-2-3-8-20(19)26)14-16-5-4-6-17(22)13-16/h2-8,13,18,23H,9-12,14-15H2,1H3/t18-/m0/s1. The van der Waals surface area contributed by atoms with Gasteiger partial charge in [-0.15, -0.1) is 0 Å². The smallest absolute Gasteiger partial charge is 0.324 e. The molecule has 142 valence electrons. The van der Waals surface area contributed by atoms with E-state index in [9.17, 15) is 9.18 Å². The van der Waals surface area contributed by atoms with Gasteiger partial charge in [0.05, 0.1) is 11.4 Å². The van der Waals surface area contributed by atoms with Crippen molar-refractivity contribution in [3.8, 4) is 0 Å². The summed E-state index contributed by atoms with van der Waals surface area (Å²) in [5.41, 5.74) is 2.88. The van der Waals surface area contributed by atoms with E-state index in [0.29, 0.717) is 19.1 Å². The molecule has 2 amide bonds.